The summed E-state index contributed by atoms with van der Waals surface area (Å²) in [7, 11) is 0. The van der Waals surface area contributed by atoms with E-state index in [0.717, 1.165) is 12.0 Å². The zero-order valence-corrected chi connectivity index (χ0v) is 25.6. The highest BCUT2D eigenvalue weighted by molar-refractivity contribution is 5.85. The Hall–Kier alpha value is -4.34. The summed E-state index contributed by atoms with van der Waals surface area (Å²) >= 11 is 0. The van der Waals surface area contributed by atoms with Crippen molar-refractivity contribution in [3.63, 3.8) is 0 Å². The molecule has 226 valence electrons. The van der Waals surface area contributed by atoms with Crippen molar-refractivity contribution >= 4 is 24.2 Å². The lowest BCUT2D eigenvalue weighted by Crippen LogP contribution is -2.53. The van der Waals surface area contributed by atoms with Gasteiger partial charge in [0.2, 0.25) is 5.95 Å². The van der Waals surface area contributed by atoms with Crippen LogP contribution in [0.25, 0.3) is 16.8 Å². The molecule has 0 unspecified atom stereocenters. The van der Waals surface area contributed by atoms with Crippen molar-refractivity contribution in [2.24, 2.45) is 0 Å². The van der Waals surface area contributed by atoms with E-state index in [2.05, 4.69) is 55.1 Å². The molecule has 11 nitrogen and oxygen atoms in total. The fourth-order valence-corrected chi connectivity index (χ4v) is 5.07. The number of aromatic nitrogens is 6. The van der Waals surface area contributed by atoms with E-state index in [9.17, 15) is 10.1 Å². The molecular formula is C30H36ClFN10O. The molecule has 1 atom stereocenters. The van der Waals surface area contributed by atoms with Gasteiger partial charge < -0.3 is 15.1 Å². The number of hydrogen-bond donors (Lipinski definition) is 1. The maximum Gasteiger partial charge on any atom is 0.350 e. The summed E-state index contributed by atoms with van der Waals surface area (Å²) in [6, 6.07) is 8.96. The van der Waals surface area contributed by atoms with Crippen molar-refractivity contribution in [3.05, 3.63) is 76.6 Å². The molecule has 1 aromatic carbocycles. The van der Waals surface area contributed by atoms with Crippen LogP contribution in [0.15, 0.2) is 54.0 Å². The van der Waals surface area contributed by atoms with Crippen molar-refractivity contribution in [3.8, 4) is 22.9 Å². The fourth-order valence-electron chi connectivity index (χ4n) is 5.07. The molecule has 0 radical (unpaired) electrons. The van der Waals surface area contributed by atoms with Crippen LogP contribution in [0, 0.1) is 17.1 Å². The molecule has 1 N–H and O–H groups in total. The van der Waals surface area contributed by atoms with Crippen LogP contribution < -0.4 is 20.8 Å². The molecule has 1 fully saturated rings. The molecule has 0 aliphatic carbocycles. The summed E-state index contributed by atoms with van der Waals surface area (Å²) in [6.45, 7) is 11.2. The van der Waals surface area contributed by atoms with Gasteiger partial charge >= 0.3 is 5.69 Å². The molecule has 0 bridgehead atoms. The number of pyridine rings is 1. The zero-order chi connectivity index (χ0) is 29.8. The third kappa shape index (κ3) is 6.84. The van der Waals surface area contributed by atoms with Crippen LogP contribution in [0.4, 0.5) is 16.2 Å². The average Bonchev–Trinajstić information content (AvgIpc) is 3.36. The lowest BCUT2D eigenvalue weighted by atomic mass is 10.0. The number of nitriles is 1. The quantitative estimate of drug-likeness (QED) is 0.305. The Bertz CT molecular complexity index is 1650. The average molecular weight is 607 g/mol. The summed E-state index contributed by atoms with van der Waals surface area (Å²) in [4.78, 5) is 30.7. The van der Waals surface area contributed by atoms with Crippen molar-refractivity contribution in [1.29, 1.82) is 5.26 Å². The van der Waals surface area contributed by atoms with E-state index in [1.54, 1.807) is 24.4 Å². The Morgan fingerprint density at radius 2 is 1.88 bits per heavy atom. The van der Waals surface area contributed by atoms with E-state index in [-0.39, 0.29) is 30.2 Å². The Balaban J connectivity index is 0.00000423. The first-order valence-corrected chi connectivity index (χ1v) is 14.2. The molecule has 3 aromatic heterocycles. The van der Waals surface area contributed by atoms with Crippen molar-refractivity contribution in [1.82, 2.24) is 34.6 Å². The van der Waals surface area contributed by atoms with E-state index in [1.165, 1.54) is 21.6 Å². The van der Waals surface area contributed by atoms with Crippen LogP contribution in [-0.4, -0.2) is 67.6 Å². The second kappa shape index (κ2) is 13.8. The Kier molecular flexibility index (Phi) is 10.1. The van der Waals surface area contributed by atoms with Gasteiger partial charge in [0.05, 0.1) is 17.8 Å². The van der Waals surface area contributed by atoms with E-state index >= 15 is 4.39 Å². The molecule has 1 saturated heterocycles. The topological polar surface area (TPSA) is 121 Å². The number of nitrogens with zero attached hydrogens (tertiary/aromatic N) is 9. The third-order valence-corrected chi connectivity index (χ3v) is 7.42. The van der Waals surface area contributed by atoms with Crippen molar-refractivity contribution in [2.75, 3.05) is 36.0 Å². The number of piperazine rings is 1. The summed E-state index contributed by atoms with van der Waals surface area (Å²) in [6.07, 6.45) is 7.60. The Labute approximate surface area is 256 Å². The monoisotopic (exact) mass is 606 g/mol. The molecule has 43 heavy (non-hydrogen) atoms. The SMILES string of the molecule is CCc1cnc(N2CCN(c3ncc(-c4ccc(-n5cnn(CCNC(C)C)c5=O)c(F)c4)cc3C#N)[C@@H](C)C2)nc1.Cl. The summed E-state index contributed by atoms with van der Waals surface area (Å²) in [5.41, 5.74) is 2.37. The van der Waals surface area contributed by atoms with Gasteiger partial charge in [0, 0.05) is 62.4 Å². The molecule has 13 heteroatoms. The van der Waals surface area contributed by atoms with Gasteiger partial charge in [0.1, 0.15) is 24.0 Å². The first kappa shape index (κ1) is 31.6. The minimum absolute atomic E-state index is 0. The van der Waals surface area contributed by atoms with Crippen molar-refractivity contribution in [2.45, 2.75) is 52.7 Å². The standard InChI is InChI=1S/C30H35FN10O.ClH/c1-5-22-15-35-29(36-16-22)38-10-11-39(21(4)18-38)28-24(14-32)12-25(17-34-28)23-6-7-27(26(31)13-23)40-19-37-41(30(40)42)9-8-33-20(2)3;/h6-7,12-13,15-17,19-21,33H,5,8-11,18H2,1-4H3;1H/t21-;/m0./s1. The van der Waals surface area contributed by atoms with Gasteiger partial charge in [-0.3, -0.25) is 0 Å². The van der Waals surface area contributed by atoms with Gasteiger partial charge in [-0.2, -0.15) is 10.4 Å². The van der Waals surface area contributed by atoms with Crippen LogP contribution in [0.3, 0.4) is 0 Å². The molecule has 0 saturated carbocycles. The molecule has 0 spiro atoms. The van der Waals surface area contributed by atoms with Gasteiger partial charge in [0.25, 0.3) is 0 Å². The molecule has 1 aliphatic rings. The van der Waals surface area contributed by atoms with Crippen LogP contribution in [0.1, 0.15) is 38.8 Å². The van der Waals surface area contributed by atoms with E-state index in [0.29, 0.717) is 61.2 Å². The van der Waals surface area contributed by atoms with Gasteiger partial charge in [0.15, 0.2) is 0 Å². The van der Waals surface area contributed by atoms with Crippen molar-refractivity contribution < 1.29 is 4.39 Å². The highest BCUT2D eigenvalue weighted by Gasteiger charge is 2.28. The van der Waals surface area contributed by atoms with Gasteiger partial charge in [-0.05, 0) is 42.7 Å². The van der Waals surface area contributed by atoms with Crippen LogP contribution in [0.5, 0.6) is 0 Å². The minimum atomic E-state index is -0.573. The van der Waals surface area contributed by atoms with Gasteiger partial charge in [-0.25, -0.2) is 33.4 Å². The van der Waals surface area contributed by atoms with Crippen LogP contribution in [0.2, 0.25) is 0 Å². The van der Waals surface area contributed by atoms with E-state index < -0.39 is 11.5 Å². The number of aryl methyl sites for hydroxylation is 1. The number of nitrogens with one attached hydrogen (secondary N) is 1. The number of anilines is 2. The third-order valence-electron chi connectivity index (χ3n) is 7.42. The van der Waals surface area contributed by atoms with Gasteiger partial charge in [-0.1, -0.05) is 26.8 Å². The Morgan fingerprint density at radius 1 is 1.12 bits per heavy atom. The molecule has 1 aliphatic heterocycles. The maximum atomic E-state index is 15.3. The first-order valence-electron chi connectivity index (χ1n) is 14.2. The lowest BCUT2D eigenvalue weighted by Gasteiger charge is -2.40. The second-order valence-corrected chi connectivity index (χ2v) is 10.7. The largest absolute Gasteiger partial charge is 0.350 e. The fraction of sp³-hybridized carbons (Fsp3) is 0.400. The van der Waals surface area contributed by atoms with Gasteiger partial charge in [-0.15, -0.1) is 12.4 Å². The molecule has 4 heterocycles. The Morgan fingerprint density at radius 3 is 2.53 bits per heavy atom. The molecule has 0 amide bonds. The number of hydrogen-bond acceptors (Lipinski definition) is 9. The summed E-state index contributed by atoms with van der Waals surface area (Å²) in [5, 5.41) is 17.3. The number of halogens is 2. The van der Waals surface area contributed by atoms with Crippen LogP contribution >= 0.6 is 12.4 Å². The van der Waals surface area contributed by atoms with Crippen LogP contribution in [-0.2, 0) is 13.0 Å². The first-order chi connectivity index (χ1) is 20.3. The minimum Gasteiger partial charge on any atom is -0.349 e. The normalized spacial score (nSPS) is 15.0. The molecular weight excluding hydrogens is 571 g/mol. The highest BCUT2D eigenvalue weighted by atomic mass is 35.5. The molecule has 4 aromatic rings. The predicted octanol–water partition coefficient (Wildman–Crippen LogP) is 3.59. The highest BCUT2D eigenvalue weighted by Crippen LogP contribution is 2.29. The second-order valence-electron chi connectivity index (χ2n) is 10.7. The zero-order valence-electron chi connectivity index (χ0n) is 24.7. The van der Waals surface area contributed by atoms with E-state index in [4.69, 9.17) is 0 Å². The number of rotatable bonds is 9. The summed E-state index contributed by atoms with van der Waals surface area (Å²) in [5.74, 6) is 0.723. The maximum absolute atomic E-state index is 15.3. The predicted molar refractivity (Wildman–Crippen MR) is 167 cm³/mol. The lowest BCUT2D eigenvalue weighted by molar-refractivity contribution is 0.504. The smallest absolute Gasteiger partial charge is 0.349 e. The van der Waals surface area contributed by atoms with E-state index in [1.807, 2.05) is 26.2 Å². The number of benzene rings is 1. The molecule has 5 rings (SSSR count). The summed E-state index contributed by atoms with van der Waals surface area (Å²) < 4.78 is 17.8.